The summed E-state index contributed by atoms with van der Waals surface area (Å²) in [6, 6.07) is 14.9. The first-order valence-electron chi connectivity index (χ1n) is 10.9. The molecule has 2 aliphatic rings. The number of rotatable bonds is 8. The summed E-state index contributed by atoms with van der Waals surface area (Å²) in [6.45, 7) is 3.72. The van der Waals surface area contributed by atoms with Gasteiger partial charge < -0.3 is 20.5 Å². The van der Waals surface area contributed by atoms with Crippen molar-refractivity contribution in [1.29, 1.82) is 0 Å². The van der Waals surface area contributed by atoms with Crippen molar-refractivity contribution >= 4 is 18.0 Å². The van der Waals surface area contributed by atoms with Crippen LogP contribution in [0.4, 0.5) is 4.79 Å². The molecule has 7 heteroatoms. The fourth-order valence-electron chi connectivity index (χ4n) is 4.46. The summed E-state index contributed by atoms with van der Waals surface area (Å²) in [5.41, 5.74) is 4.59. The van der Waals surface area contributed by atoms with Crippen LogP contribution in [0.15, 0.2) is 73.3 Å². The first kappa shape index (κ1) is 22.3. The number of amides is 2. The van der Waals surface area contributed by atoms with Crippen molar-refractivity contribution in [2.24, 2.45) is 5.92 Å². The molecule has 2 aromatic rings. The number of carboxylic acids is 1. The Bertz CT molecular complexity index is 1060. The fourth-order valence-corrected chi connectivity index (χ4v) is 4.46. The van der Waals surface area contributed by atoms with Crippen LogP contribution < -0.4 is 10.6 Å². The highest BCUT2D eigenvalue weighted by molar-refractivity contribution is 5.86. The first-order valence-corrected chi connectivity index (χ1v) is 10.9. The predicted octanol–water partition coefficient (Wildman–Crippen LogP) is 3.62. The second-order valence-electron chi connectivity index (χ2n) is 8.23. The molecule has 2 aliphatic carbocycles. The van der Waals surface area contributed by atoms with E-state index in [1.807, 2.05) is 24.3 Å². The Morgan fingerprint density at radius 2 is 1.70 bits per heavy atom. The SMILES string of the molecule is C=CCC(NC(=O)C1C=CC(NC(=O)OCC2c3ccccc3-c3ccccc32)C1)C(=O)O. The molecule has 3 N–H and O–H groups in total. The van der Waals surface area contributed by atoms with Crippen molar-refractivity contribution in [3.63, 3.8) is 0 Å². The normalized spacial score (nSPS) is 19.3. The zero-order chi connectivity index (χ0) is 23.4. The van der Waals surface area contributed by atoms with E-state index in [4.69, 9.17) is 4.74 Å². The van der Waals surface area contributed by atoms with Gasteiger partial charge in [0, 0.05) is 5.92 Å². The molecule has 0 saturated heterocycles. The van der Waals surface area contributed by atoms with Crippen LogP contribution in [0.5, 0.6) is 0 Å². The van der Waals surface area contributed by atoms with E-state index in [1.165, 1.54) is 6.08 Å². The maximum absolute atomic E-state index is 12.5. The quantitative estimate of drug-likeness (QED) is 0.538. The average molecular weight is 447 g/mol. The number of carboxylic acid groups (broad SMARTS) is 1. The third-order valence-electron chi connectivity index (χ3n) is 6.08. The van der Waals surface area contributed by atoms with Gasteiger partial charge in [0.1, 0.15) is 12.6 Å². The Morgan fingerprint density at radius 3 is 2.30 bits per heavy atom. The monoisotopic (exact) mass is 446 g/mol. The third kappa shape index (κ3) is 4.82. The van der Waals surface area contributed by atoms with Crippen molar-refractivity contribution in [3.8, 4) is 11.1 Å². The zero-order valence-corrected chi connectivity index (χ0v) is 18.1. The van der Waals surface area contributed by atoms with Crippen LogP contribution in [0, 0.1) is 5.92 Å². The predicted molar refractivity (Wildman–Crippen MR) is 124 cm³/mol. The molecule has 2 aromatic carbocycles. The lowest BCUT2D eigenvalue weighted by Gasteiger charge is -2.18. The summed E-state index contributed by atoms with van der Waals surface area (Å²) in [6.07, 6.45) is 4.79. The van der Waals surface area contributed by atoms with Crippen LogP contribution in [0.1, 0.15) is 29.9 Å². The van der Waals surface area contributed by atoms with Crippen LogP contribution in [-0.2, 0) is 14.3 Å². The average Bonchev–Trinajstić information content (AvgIpc) is 3.40. The number of carbonyl (C=O) groups excluding carboxylic acids is 2. The number of aliphatic carboxylic acids is 1. The number of hydrogen-bond acceptors (Lipinski definition) is 4. The van der Waals surface area contributed by atoms with E-state index in [-0.39, 0.29) is 25.0 Å². The number of hydrogen-bond donors (Lipinski definition) is 3. The summed E-state index contributed by atoms with van der Waals surface area (Å²) in [5, 5.41) is 14.5. The minimum absolute atomic E-state index is 0.0291. The summed E-state index contributed by atoms with van der Waals surface area (Å²) in [4.78, 5) is 36.1. The van der Waals surface area contributed by atoms with E-state index in [0.717, 1.165) is 22.3 Å². The number of fused-ring (bicyclic) bond motifs is 3. The van der Waals surface area contributed by atoms with Gasteiger partial charge in [0.2, 0.25) is 5.91 Å². The lowest BCUT2D eigenvalue weighted by atomic mass is 9.98. The number of carbonyl (C=O) groups is 3. The number of alkyl carbamates (subject to hydrolysis) is 1. The van der Waals surface area contributed by atoms with E-state index in [9.17, 15) is 19.5 Å². The molecular formula is C26H26N2O5. The lowest BCUT2D eigenvalue weighted by molar-refractivity contribution is -0.142. The molecule has 0 aromatic heterocycles. The van der Waals surface area contributed by atoms with Crippen molar-refractivity contribution in [3.05, 3.63) is 84.5 Å². The topological polar surface area (TPSA) is 105 Å². The van der Waals surface area contributed by atoms with E-state index in [1.54, 1.807) is 12.2 Å². The molecular weight excluding hydrogens is 420 g/mol. The van der Waals surface area contributed by atoms with Gasteiger partial charge in [0.05, 0.1) is 12.0 Å². The summed E-state index contributed by atoms with van der Waals surface area (Å²) < 4.78 is 5.55. The Kier molecular flexibility index (Phi) is 6.58. The maximum atomic E-state index is 12.5. The standard InChI is InChI=1S/C26H26N2O5/c1-2-7-23(25(30)31)28-24(29)16-12-13-17(14-16)27-26(32)33-15-22-20-10-5-3-8-18(20)19-9-4-6-11-21(19)22/h2-6,8-13,16-17,22-23H,1,7,14-15H2,(H,27,32)(H,28,29)(H,30,31). The summed E-state index contributed by atoms with van der Waals surface area (Å²) in [5.74, 6) is -2.05. The van der Waals surface area contributed by atoms with Crippen molar-refractivity contribution < 1.29 is 24.2 Å². The minimum atomic E-state index is -1.11. The van der Waals surface area contributed by atoms with E-state index >= 15 is 0 Å². The minimum Gasteiger partial charge on any atom is -0.480 e. The molecule has 2 amide bonds. The van der Waals surface area contributed by atoms with Gasteiger partial charge in [0.15, 0.2) is 0 Å². The highest BCUT2D eigenvalue weighted by Crippen LogP contribution is 2.44. The number of benzene rings is 2. The Labute approximate surface area is 192 Å². The van der Waals surface area contributed by atoms with E-state index in [2.05, 4.69) is 41.5 Å². The first-order chi connectivity index (χ1) is 16.0. The zero-order valence-electron chi connectivity index (χ0n) is 18.1. The van der Waals surface area contributed by atoms with Gasteiger partial charge in [-0.25, -0.2) is 9.59 Å². The molecule has 3 unspecified atom stereocenters. The van der Waals surface area contributed by atoms with Gasteiger partial charge in [-0.05, 0) is 35.1 Å². The molecule has 33 heavy (non-hydrogen) atoms. The summed E-state index contributed by atoms with van der Waals surface area (Å²) >= 11 is 0. The molecule has 170 valence electrons. The molecule has 0 bridgehead atoms. The van der Waals surface area contributed by atoms with Crippen LogP contribution in [-0.4, -0.2) is 41.8 Å². The number of ether oxygens (including phenoxy) is 1. The highest BCUT2D eigenvalue weighted by atomic mass is 16.5. The molecule has 7 nitrogen and oxygen atoms in total. The fraction of sp³-hybridized carbons (Fsp3) is 0.269. The van der Waals surface area contributed by atoms with Gasteiger partial charge in [-0.15, -0.1) is 6.58 Å². The van der Waals surface area contributed by atoms with Crippen LogP contribution in [0.2, 0.25) is 0 Å². The van der Waals surface area contributed by atoms with Crippen LogP contribution in [0.25, 0.3) is 11.1 Å². The highest BCUT2D eigenvalue weighted by Gasteiger charge is 2.31. The maximum Gasteiger partial charge on any atom is 0.407 e. The van der Waals surface area contributed by atoms with Gasteiger partial charge >= 0.3 is 12.1 Å². The largest absolute Gasteiger partial charge is 0.480 e. The number of nitrogens with one attached hydrogen (secondary N) is 2. The molecule has 4 rings (SSSR count). The lowest BCUT2D eigenvalue weighted by Crippen LogP contribution is -2.43. The van der Waals surface area contributed by atoms with Gasteiger partial charge in [-0.3, -0.25) is 4.79 Å². The second kappa shape index (κ2) is 9.73. The molecule has 0 spiro atoms. The van der Waals surface area contributed by atoms with E-state index in [0.29, 0.717) is 6.42 Å². The van der Waals surface area contributed by atoms with E-state index < -0.39 is 29.9 Å². The molecule has 0 radical (unpaired) electrons. The Morgan fingerprint density at radius 1 is 1.06 bits per heavy atom. The smallest absolute Gasteiger partial charge is 0.407 e. The van der Waals surface area contributed by atoms with Crippen LogP contribution in [0.3, 0.4) is 0 Å². The Hall–Kier alpha value is -3.87. The van der Waals surface area contributed by atoms with Crippen molar-refractivity contribution in [2.75, 3.05) is 6.61 Å². The van der Waals surface area contributed by atoms with Crippen LogP contribution >= 0.6 is 0 Å². The van der Waals surface area contributed by atoms with Gasteiger partial charge in [-0.2, -0.15) is 0 Å². The van der Waals surface area contributed by atoms with Gasteiger partial charge in [-0.1, -0.05) is 66.8 Å². The van der Waals surface area contributed by atoms with Gasteiger partial charge in [0.25, 0.3) is 0 Å². The third-order valence-corrected chi connectivity index (χ3v) is 6.08. The molecule has 0 aliphatic heterocycles. The van der Waals surface area contributed by atoms with Crippen molar-refractivity contribution in [1.82, 2.24) is 10.6 Å². The molecule has 0 heterocycles. The molecule has 0 saturated carbocycles. The second-order valence-corrected chi connectivity index (χ2v) is 8.23. The van der Waals surface area contributed by atoms with Crippen molar-refractivity contribution in [2.45, 2.75) is 30.8 Å². The molecule has 0 fully saturated rings. The Balaban J connectivity index is 1.30. The summed E-state index contributed by atoms with van der Waals surface area (Å²) in [7, 11) is 0. The molecule has 3 atom stereocenters.